The lowest BCUT2D eigenvalue weighted by atomic mass is 9.92. The third kappa shape index (κ3) is 3.46. The normalized spacial score (nSPS) is 28.8. The van der Waals surface area contributed by atoms with E-state index in [1.807, 2.05) is 0 Å². The third-order valence-electron chi connectivity index (χ3n) is 3.39. The molecule has 0 saturated carbocycles. The van der Waals surface area contributed by atoms with Gasteiger partial charge in [-0.05, 0) is 17.7 Å². The zero-order valence-electron chi connectivity index (χ0n) is 10.2. The van der Waals surface area contributed by atoms with Gasteiger partial charge in [-0.25, -0.2) is 13.2 Å². The number of alkyl halides is 2. The second kappa shape index (κ2) is 5.90. The molecule has 1 aromatic rings. The van der Waals surface area contributed by atoms with Crippen LogP contribution in [0.1, 0.15) is 5.56 Å². The van der Waals surface area contributed by atoms with Crippen molar-refractivity contribution in [1.82, 2.24) is 4.90 Å². The van der Waals surface area contributed by atoms with E-state index in [1.165, 1.54) is 12.1 Å². The van der Waals surface area contributed by atoms with Crippen LogP contribution in [0.2, 0.25) is 0 Å². The summed E-state index contributed by atoms with van der Waals surface area (Å²) in [6.45, 7) is 0.475. The van der Waals surface area contributed by atoms with E-state index in [-0.39, 0.29) is 18.9 Å². The molecule has 3 atom stereocenters. The van der Waals surface area contributed by atoms with Crippen molar-refractivity contribution < 1.29 is 23.4 Å². The van der Waals surface area contributed by atoms with Crippen molar-refractivity contribution >= 4 is 0 Å². The van der Waals surface area contributed by atoms with Gasteiger partial charge < -0.3 is 10.2 Å². The lowest BCUT2D eigenvalue weighted by molar-refractivity contribution is -0.118. The van der Waals surface area contributed by atoms with Crippen LogP contribution in [0.4, 0.5) is 13.2 Å². The van der Waals surface area contributed by atoms with Gasteiger partial charge >= 0.3 is 0 Å². The molecule has 6 heteroatoms. The van der Waals surface area contributed by atoms with Crippen molar-refractivity contribution in [3.05, 3.63) is 35.6 Å². The van der Waals surface area contributed by atoms with Crippen molar-refractivity contribution in [2.45, 2.75) is 25.2 Å². The van der Waals surface area contributed by atoms with E-state index in [0.717, 1.165) is 5.56 Å². The summed E-state index contributed by atoms with van der Waals surface area (Å²) in [6, 6.07) is 5.75. The quantitative estimate of drug-likeness (QED) is 0.872. The maximum Gasteiger partial charge on any atom is 0.245 e. The molecule has 3 nitrogen and oxygen atoms in total. The second-order valence-electron chi connectivity index (χ2n) is 4.88. The first-order valence-electron chi connectivity index (χ1n) is 6.08. The summed E-state index contributed by atoms with van der Waals surface area (Å²) in [5.74, 6) is -1.62. The van der Waals surface area contributed by atoms with Crippen LogP contribution in [-0.2, 0) is 6.54 Å². The molecule has 0 aliphatic carbocycles. The SMILES string of the molecule is OC1CN(Cc2ccc(F)cc2)CC(C(F)F)C1O. The Kier molecular flexibility index (Phi) is 4.44. The van der Waals surface area contributed by atoms with E-state index in [0.29, 0.717) is 6.54 Å². The fourth-order valence-electron chi connectivity index (χ4n) is 2.34. The van der Waals surface area contributed by atoms with Gasteiger partial charge in [0.05, 0.1) is 18.1 Å². The van der Waals surface area contributed by atoms with Gasteiger partial charge in [0, 0.05) is 19.6 Å². The maximum absolute atomic E-state index is 12.8. The minimum atomic E-state index is -2.68. The Morgan fingerprint density at radius 2 is 1.79 bits per heavy atom. The van der Waals surface area contributed by atoms with Crippen molar-refractivity contribution in [2.24, 2.45) is 5.92 Å². The number of aliphatic hydroxyl groups excluding tert-OH is 2. The summed E-state index contributed by atoms with van der Waals surface area (Å²) in [4.78, 5) is 1.64. The molecular weight excluding hydrogens is 259 g/mol. The van der Waals surface area contributed by atoms with Crippen molar-refractivity contribution in [3.63, 3.8) is 0 Å². The molecule has 2 N–H and O–H groups in total. The average Bonchev–Trinajstić information content (AvgIpc) is 2.36. The molecule has 19 heavy (non-hydrogen) atoms. The number of likely N-dealkylation sites (tertiary alicyclic amines) is 1. The molecule has 3 unspecified atom stereocenters. The largest absolute Gasteiger partial charge is 0.390 e. The van der Waals surface area contributed by atoms with Crippen LogP contribution in [0, 0.1) is 11.7 Å². The molecule has 1 aromatic carbocycles. The van der Waals surface area contributed by atoms with E-state index in [4.69, 9.17) is 0 Å². The van der Waals surface area contributed by atoms with Crippen LogP contribution in [0.3, 0.4) is 0 Å². The van der Waals surface area contributed by atoms with Crippen LogP contribution < -0.4 is 0 Å². The number of aliphatic hydroxyl groups is 2. The van der Waals surface area contributed by atoms with Crippen LogP contribution in [-0.4, -0.2) is 46.8 Å². The third-order valence-corrected chi connectivity index (χ3v) is 3.39. The number of hydrogen-bond donors (Lipinski definition) is 2. The first-order chi connectivity index (χ1) is 8.97. The number of piperidine rings is 1. The molecule has 1 heterocycles. The van der Waals surface area contributed by atoms with Gasteiger partial charge in [-0.2, -0.15) is 0 Å². The van der Waals surface area contributed by atoms with Gasteiger partial charge in [-0.3, -0.25) is 4.90 Å². The highest BCUT2D eigenvalue weighted by molar-refractivity contribution is 5.16. The summed E-state index contributed by atoms with van der Waals surface area (Å²) >= 11 is 0. The molecule has 1 saturated heterocycles. The number of nitrogens with zero attached hydrogens (tertiary/aromatic N) is 1. The van der Waals surface area contributed by atoms with Gasteiger partial charge in [-0.15, -0.1) is 0 Å². The fourth-order valence-corrected chi connectivity index (χ4v) is 2.34. The van der Waals surface area contributed by atoms with Crippen LogP contribution in [0.25, 0.3) is 0 Å². The van der Waals surface area contributed by atoms with Crippen LogP contribution in [0.15, 0.2) is 24.3 Å². The Labute approximate surface area is 109 Å². The van der Waals surface area contributed by atoms with E-state index >= 15 is 0 Å². The molecule has 1 aliphatic rings. The van der Waals surface area contributed by atoms with Gasteiger partial charge in [0.1, 0.15) is 5.82 Å². The number of β-amino-alcohol motifs (C(OH)–C–C–N with tert-alkyl or cyclic N) is 1. The van der Waals surface area contributed by atoms with E-state index in [2.05, 4.69) is 0 Å². The fraction of sp³-hybridized carbons (Fsp3) is 0.538. The minimum Gasteiger partial charge on any atom is -0.390 e. The zero-order valence-corrected chi connectivity index (χ0v) is 10.2. The topological polar surface area (TPSA) is 43.7 Å². The second-order valence-corrected chi connectivity index (χ2v) is 4.88. The van der Waals surface area contributed by atoms with Crippen LogP contribution >= 0.6 is 0 Å². The predicted molar refractivity (Wildman–Crippen MR) is 63.2 cm³/mol. The Morgan fingerprint density at radius 1 is 1.16 bits per heavy atom. The summed E-state index contributed by atoms with van der Waals surface area (Å²) < 4.78 is 38.3. The Hall–Kier alpha value is -1.11. The Morgan fingerprint density at radius 3 is 2.37 bits per heavy atom. The molecule has 0 radical (unpaired) electrons. The highest BCUT2D eigenvalue weighted by Gasteiger charge is 2.39. The monoisotopic (exact) mass is 275 g/mol. The summed E-state index contributed by atoms with van der Waals surface area (Å²) in [6.07, 6.45) is -5.27. The number of hydrogen-bond acceptors (Lipinski definition) is 3. The summed E-state index contributed by atoms with van der Waals surface area (Å²) in [7, 11) is 0. The van der Waals surface area contributed by atoms with E-state index in [1.54, 1.807) is 17.0 Å². The van der Waals surface area contributed by atoms with E-state index < -0.39 is 24.6 Å². The molecule has 1 fully saturated rings. The minimum absolute atomic E-state index is 0.00721. The lowest BCUT2D eigenvalue weighted by Crippen LogP contribution is -2.54. The van der Waals surface area contributed by atoms with Gasteiger partial charge in [0.2, 0.25) is 6.43 Å². The molecular formula is C13H16F3NO2. The molecule has 106 valence electrons. The molecule has 0 spiro atoms. The number of rotatable bonds is 3. The zero-order chi connectivity index (χ0) is 14.0. The average molecular weight is 275 g/mol. The lowest BCUT2D eigenvalue weighted by Gasteiger charge is -2.38. The van der Waals surface area contributed by atoms with Gasteiger partial charge in [-0.1, -0.05) is 12.1 Å². The maximum atomic E-state index is 12.8. The Balaban J connectivity index is 2.02. The number of benzene rings is 1. The molecule has 1 aliphatic heterocycles. The van der Waals surface area contributed by atoms with Crippen molar-refractivity contribution in [3.8, 4) is 0 Å². The van der Waals surface area contributed by atoms with E-state index in [9.17, 15) is 23.4 Å². The molecule has 0 bridgehead atoms. The first-order valence-corrected chi connectivity index (χ1v) is 6.08. The Bertz CT molecular complexity index is 413. The molecule has 0 aromatic heterocycles. The summed E-state index contributed by atoms with van der Waals surface area (Å²) in [5.41, 5.74) is 0.776. The number of halogens is 3. The van der Waals surface area contributed by atoms with Crippen molar-refractivity contribution in [1.29, 1.82) is 0 Å². The highest BCUT2D eigenvalue weighted by atomic mass is 19.3. The van der Waals surface area contributed by atoms with Crippen LogP contribution in [0.5, 0.6) is 0 Å². The predicted octanol–water partition coefficient (Wildman–Crippen LogP) is 1.24. The van der Waals surface area contributed by atoms with Crippen molar-refractivity contribution in [2.75, 3.05) is 13.1 Å². The van der Waals surface area contributed by atoms with Gasteiger partial charge in [0.15, 0.2) is 0 Å². The standard InChI is InChI=1S/C13H16F3NO2/c14-9-3-1-8(2-4-9)5-17-6-10(13(15)16)12(19)11(18)7-17/h1-4,10-13,18-19H,5-7H2. The molecule has 2 rings (SSSR count). The highest BCUT2D eigenvalue weighted by Crippen LogP contribution is 2.24. The first kappa shape index (κ1) is 14.3. The summed E-state index contributed by atoms with van der Waals surface area (Å²) in [5, 5.41) is 19.1. The smallest absolute Gasteiger partial charge is 0.245 e. The van der Waals surface area contributed by atoms with Gasteiger partial charge in [0.25, 0.3) is 0 Å². The molecule has 0 amide bonds.